The molecule has 0 bridgehead atoms. The third kappa shape index (κ3) is 4.11. The molecule has 212 valence electrons. The number of anilines is 2. The van der Waals surface area contributed by atoms with Gasteiger partial charge in [0, 0.05) is 28.4 Å². The average molecular weight is 568 g/mol. The Kier molecular flexibility index (Phi) is 6.27. The third-order valence-corrected chi connectivity index (χ3v) is 9.10. The number of hydrogen-bond acceptors (Lipinski definition) is 3. The molecule has 3 heterocycles. The first-order valence-corrected chi connectivity index (χ1v) is 15.4. The number of allylic oxidation sites excluding steroid dienone is 7. The number of hydrogen-bond donors (Lipinski definition) is 0. The number of fused-ring (bicyclic) bond motifs is 3. The molecule has 0 saturated carbocycles. The van der Waals surface area contributed by atoms with Crippen LogP contribution in [0.2, 0.25) is 0 Å². The Bertz CT molecular complexity index is 2010. The third-order valence-electron chi connectivity index (χ3n) is 9.10. The molecule has 0 radical (unpaired) electrons. The SMILES string of the molecule is CC1(C)C(c2ccccc2)=C(c2ccccc2)C2=C1N(c1cccc(-c3ccccn3)n1)c1ccccc1C1=C2CCC=C1. The van der Waals surface area contributed by atoms with Crippen molar-refractivity contribution >= 4 is 28.2 Å². The number of benzene rings is 3. The molecule has 0 saturated heterocycles. The van der Waals surface area contributed by atoms with Crippen molar-refractivity contribution in [1.82, 2.24) is 9.97 Å². The molecule has 3 aromatic carbocycles. The molecular formula is C41H33N3. The average Bonchev–Trinajstić information content (AvgIpc) is 3.24. The summed E-state index contributed by atoms with van der Waals surface area (Å²) >= 11 is 0. The van der Waals surface area contributed by atoms with Crippen LogP contribution in [-0.2, 0) is 0 Å². The number of pyridine rings is 2. The van der Waals surface area contributed by atoms with Gasteiger partial charge in [0.25, 0.3) is 0 Å². The Labute approximate surface area is 259 Å². The smallest absolute Gasteiger partial charge is 0.138 e. The van der Waals surface area contributed by atoms with Gasteiger partial charge in [0.05, 0.1) is 17.1 Å². The molecule has 0 spiro atoms. The molecule has 5 aromatic rings. The van der Waals surface area contributed by atoms with Gasteiger partial charge in [-0.2, -0.15) is 0 Å². The highest BCUT2D eigenvalue weighted by atomic mass is 15.2. The zero-order valence-electron chi connectivity index (χ0n) is 25.0. The fourth-order valence-electron chi connectivity index (χ4n) is 7.31. The van der Waals surface area contributed by atoms with E-state index in [0.717, 1.165) is 35.7 Å². The summed E-state index contributed by atoms with van der Waals surface area (Å²) in [5.74, 6) is 0.895. The topological polar surface area (TPSA) is 29.0 Å². The molecule has 3 aliphatic rings. The van der Waals surface area contributed by atoms with Crippen molar-refractivity contribution in [2.24, 2.45) is 5.41 Å². The summed E-state index contributed by atoms with van der Waals surface area (Å²) in [5, 5.41) is 0. The van der Waals surface area contributed by atoms with E-state index < -0.39 is 0 Å². The van der Waals surface area contributed by atoms with E-state index in [1.165, 1.54) is 50.3 Å². The van der Waals surface area contributed by atoms with Crippen LogP contribution in [0.3, 0.4) is 0 Å². The maximum absolute atomic E-state index is 5.32. The van der Waals surface area contributed by atoms with Gasteiger partial charge >= 0.3 is 0 Å². The molecule has 2 aromatic heterocycles. The van der Waals surface area contributed by atoms with Crippen molar-refractivity contribution < 1.29 is 0 Å². The molecule has 0 unspecified atom stereocenters. The maximum atomic E-state index is 5.32. The van der Waals surface area contributed by atoms with Crippen molar-refractivity contribution in [1.29, 1.82) is 0 Å². The Morgan fingerprint density at radius 2 is 1.36 bits per heavy atom. The van der Waals surface area contributed by atoms with E-state index in [-0.39, 0.29) is 5.41 Å². The van der Waals surface area contributed by atoms with Crippen LogP contribution in [0.1, 0.15) is 43.4 Å². The van der Waals surface area contributed by atoms with Gasteiger partial charge in [-0.3, -0.25) is 9.88 Å². The number of rotatable bonds is 4. The highest BCUT2D eigenvalue weighted by Crippen LogP contribution is 2.62. The van der Waals surface area contributed by atoms with E-state index in [4.69, 9.17) is 4.98 Å². The van der Waals surface area contributed by atoms with Gasteiger partial charge in [-0.05, 0) is 76.6 Å². The first-order valence-electron chi connectivity index (χ1n) is 15.4. The predicted molar refractivity (Wildman–Crippen MR) is 182 cm³/mol. The standard InChI is InChI=1S/C41H33N3/c1-41(2)39(29-18-7-4-8-19-29)37(28-16-5-3-6-17-28)38-32-22-10-9-20-30(32)31-21-11-12-25-35(31)44(40(38)41)36-26-15-24-34(43-36)33-23-13-14-27-42-33/h3-9,11-21,23-27H,10,22H2,1-2H3. The van der Waals surface area contributed by atoms with Gasteiger partial charge in [-0.15, -0.1) is 0 Å². The van der Waals surface area contributed by atoms with E-state index in [0.29, 0.717) is 0 Å². The molecule has 8 rings (SSSR count). The second kappa shape index (κ2) is 10.5. The van der Waals surface area contributed by atoms with Crippen LogP contribution in [-0.4, -0.2) is 9.97 Å². The van der Waals surface area contributed by atoms with Crippen LogP contribution in [0.4, 0.5) is 11.5 Å². The van der Waals surface area contributed by atoms with Crippen LogP contribution in [0.5, 0.6) is 0 Å². The van der Waals surface area contributed by atoms with Crippen molar-refractivity contribution in [2.75, 3.05) is 4.90 Å². The Hall–Kier alpha value is -5.28. The van der Waals surface area contributed by atoms with Gasteiger partial charge in [0.2, 0.25) is 0 Å². The minimum atomic E-state index is -0.346. The summed E-state index contributed by atoms with van der Waals surface area (Å²) in [6, 6.07) is 43.1. The highest BCUT2D eigenvalue weighted by Gasteiger charge is 2.47. The molecule has 0 amide bonds. The van der Waals surface area contributed by atoms with Crippen LogP contribution >= 0.6 is 0 Å². The molecule has 0 atom stereocenters. The minimum absolute atomic E-state index is 0.346. The first-order chi connectivity index (χ1) is 21.6. The lowest BCUT2D eigenvalue weighted by molar-refractivity contribution is 0.595. The summed E-state index contributed by atoms with van der Waals surface area (Å²) in [7, 11) is 0. The summed E-state index contributed by atoms with van der Waals surface area (Å²) in [4.78, 5) is 12.4. The van der Waals surface area contributed by atoms with Crippen molar-refractivity contribution in [3.63, 3.8) is 0 Å². The summed E-state index contributed by atoms with van der Waals surface area (Å²) in [6.45, 7) is 4.78. The molecular weight excluding hydrogens is 534 g/mol. The lowest BCUT2D eigenvalue weighted by Gasteiger charge is -2.37. The number of para-hydroxylation sites is 1. The summed E-state index contributed by atoms with van der Waals surface area (Å²) in [5.41, 5.74) is 14.3. The quantitative estimate of drug-likeness (QED) is 0.216. The molecule has 2 aliphatic carbocycles. The molecule has 3 heteroatoms. The van der Waals surface area contributed by atoms with E-state index in [9.17, 15) is 0 Å². The second-order valence-corrected chi connectivity index (χ2v) is 12.1. The van der Waals surface area contributed by atoms with Crippen molar-refractivity contribution in [3.8, 4) is 11.4 Å². The largest absolute Gasteiger partial charge is 0.297 e. The van der Waals surface area contributed by atoms with Crippen LogP contribution in [0.25, 0.3) is 28.1 Å². The second-order valence-electron chi connectivity index (χ2n) is 12.1. The predicted octanol–water partition coefficient (Wildman–Crippen LogP) is 10.3. The van der Waals surface area contributed by atoms with E-state index in [2.05, 4.69) is 139 Å². The Morgan fingerprint density at radius 3 is 2.14 bits per heavy atom. The molecule has 0 fully saturated rings. The fourth-order valence-corrected chi connectivity index (χ4v) is 7.31. The molecule has 44 heavy (non-hydrogen) atoms. The fraction of sp³-hybridized carbons (Fsp3) is 0.122. The highest BCUT2D eigenvalue weighted by molar-refractivity contribution is 6.11. The van der Waals surface area contributed by atoms with Crippen molar-refractivity contribution in [3.05, 3.63) is 173 Å². The van der Waals surface area contributed by atoms with Gasteiger partial charge in [-0.25, -0.2) is 4.98 Å². The summed E-state index contributed by atoms with van der Waals surface area (Å²) < 4.78 is 0. The van der Waals surface area contributed by atoms with E-state index in [1.54, 1.807) is 0 Å². The molecule has 3 nitrogen and oxygen atoms in total. The van der Waals surface area contributed by atoms with Gasteiger partial charge < -0.3 is 0 Å². The Morgan fingerprint density at radius 1 is 0.659 bits per heavy atom. The lowest BCUT2D eigenvalue weighted by Crippen LogP contribution is -2.29. The van der Waals surface area contributed by atoms with Gasteiger partial charge in [0.1, 0.15) is 5.82 Å². The minimum Gasteiger partial charge on any atom is -0.297 e. The zero-order chi connectivity index (χ0) is 29.7. The van der Waals surface area contributed by atoms with Crippen LogP contribution in [0.15, 0.2) is 157 Å². The normalized spacial score (nSPS) is 16.9. The lowest BCUT2D eigenvalue weighted by atomic mass is 9.78. The number of aromatic nitrogens is 2. The van der Waals surface area contributed by atoms with Gasteiger partial charge in [0.15, 0.2) is 0 Å². The van der Waals surface area contributed by atoms with Gasteiger partial charge in [-0.1, -0.05) is 117 Å². The first kappa shape index (κ1) is 26.4. The van der Waals surface area contributed by atoms with Crippen molar-refractivity contribution in [2.45, 2.75) is 26.7 Å². The zero-order valence-corrected chi connectivity index (χ0v) is 25.0. The summed E-state index contributed by atoms with van der Waals surface area (Å²) in [6.07, 6.45) is 8.52. The van der Waals surface area contributed by atoms with E-state index >= 15 is 0 Å². The van der Waals surface area contributed by atoms with Crippen LogP contribution in [0, 0.1) is 5.41 Å². The number of nitrogens with zero attached hydrogens (tertiary/aromatic N) is 3. The monoisotopic (exact) mass is 567 g/mol. The van der Waals surface area contributed by atoms with Crippen LogP contribution < -0.4 is 4.90 Å². The Balaban J connectivity index is 1.49. The maximum Gasteiger partial charge on any atom is 0.138 e. The van der Waals surface area contributed by atoms with E-state index in [1.807, 2.05) is 24.4 Å². The molecule has 0 N–H and O–H groups in total. The molecule has 1 aliphatic heterocycles.